The normalized spacial score (nSPS) is 17.0. The van der Waals surface area contributed by atoms with Gasteiger partial charge in [-0.2, -0.15) is 0 Å². The third-order valence-electron chi connectivity index (χ3n) is 5.11. The van der Waals surface area contributed by atoms with Crippen LogP contribution in [0.1, 0.15) is 60.3 Å². The highest BCUT2D eigenvalue weighted by atomic mass is 16.5. The molecule has 2 heterocycles. The van der Waals surface area contributed by atoms with Crippen LogP contribution in [0, 0.1) is 0 Å². The zero-order chi connectivity index (χ0) is 19.9. The smallest absolute Gasteiger partial charge is 0.407 e. The van der Waals surface area contributed by atoms with Gasteiger partial charge in [0.15, 0.2) is 0 Å². The summed E-state index contributed by atoms with van der Waals surface area (Å²) in [6, 6.07) is 9.56. The van der Waals surface area contributed by atoms with Crippen molar-refractivity contribution in [3.8, 4) is 0 Å². The Morgan fingerprint density at radius 1 is 1.25 bits per heavy atom. The Morgan fingerprint density at radius 3 is 2.86 bits per heavy atom. The summed E-state index contributed by atoms with van der Waals surface area (Å²) < 4.78 is 5.07. The van der Waals surface area contributed by atoms with E-state index >= 15 is 0 Å². The number of anilines is 1. The summed E-state index contributed by atoms with van der Waals surface area (Å²) in [7, 11) is 0. The summed E-state index contributed by atoms with van der Waals surface area (Å²) in [5.41, 5.74) is 3.11. The van der Waals surface area contributed by atoms with E-state index in [4.69, 9.17) is 4.74 Å². The van der Waals surface area contributed by atoms with E-state index in [1.807, 2.05) is 24.3 Å². The molecule has 1 amide bonds. The number of likely N-dealkylation sites (tertiary alicyclic amines) is 1. The third kappa shape index (κ3) is 4.47. The number of nitrogens with zero attached hydrogens (tertiary/aromatic N) is 1. The predicted octanol–water partition coefficient (Wildman–Crippen LogP) is 4.40. The van der Waals surface area contributed by atoms with Gasteiger partial charge in [-0.1, -0.05) is 37.1 Å². The van der Waals surface area contributed by atoms with Crippen molar-refractivity contribution in [1.29, 1.82) is 0 Å². The number of benzene rings is 1. The van der Waals surface area contributed by atoms with Gasteiger partial charge in [0.25, 0.3) is 0 Å². The maximum Gasteiger partial charge on any atom is 0.407 e. The van der Waals surface area contributed by atoms with Crippen molar-refractivity contribution in [3.63, 3.8) is 0 Å². The second-order valence-electron chi connectivity index (χ2n) is 6.88. The molecule has 7 heteroatoms. The number of nitrogens with one attached hydrogen (secondary N) is 2. The SMILES string of the molecule is CCOC(=O)c1[nH]ccc1NCc1ccccc1C1CCCCCN1C(=O)O. The van der Waals surface area contributed by atoms with E-state index in [9.17, 15) is 14.7 Å². The summed E-state index contributed by atoms with van der Waals surface area (Å²) in [6.45, 7) is 3.13. The molecule has 150 valence electrons. The van der Waals surface area contributed by atoms with Crippen LogP contribution in [0.2, 0.25) is 0 Å². The van der Waals surface area contributed by atoms with E-state index in [1.165, 1.54) is 0 Å². The third-order valence-corrected chi connectivity index (χ3v) is 5.11. The molecule has 1 fully saturated rings. The Bertz CT molecular complexity index is 817. The molecule has 1 aliphatic heterocycles. The van der Waals surface area contributed by atoms with Gasteiger partial charge in [0.2, 0.25) is 0 Å². The number of carboxylic acid groups (broad SMARTS) is 1. The predicted molar refractivity (Wildman–Crippen MR) is 106 cm³/mol. The molecule has 28 heavy (non-hydrogen) atoms. The van der Waals surface area contributed by atoms with Crippen LogP contribution in [0.5, 0.6) is 0 Å². The molecule has 3 N–H and O–H groups in total. The minimum atomic E-state index is -0.870. The molecule has 2 aromatic rings. The number of amides is 1. The van der Waals surface area contributed by atoms with Crippen LogP contribution >= 0.6 is 0 Å². The number of H-pyrrole nitrogens is 1. The molecular weight excluding hydrogens is 358 g/mol. The van der Waals surface area contributed by atoms with Gasteiger partial charge in [-0.05, 0) is 37.0 Å². The topological polar surface area (TPSA) is 94.7 Å². The highest BCUT2D eigenvalue weighted by molar-refractivity contribution is 5.93. The lowest BCUT2D eigenvalue weighted by Crippen LogP contribution is -2.34. The maximum atomic E-state index is 12.0. The molecule has 3 rings (SSSR count). The van der Waals surface area contributed by atoms with Crippen LogP contribution in [-0.4, -0.2) is 40.2 Å². The molecule has 1 saturated heterocycles. The first kappa shape index (κ1) is 19.8. The average Bonchev–Trinajstić information content (AvgIpc) is 3.02. The number of aromatic nitrogens is 1. The summed E-state index contributed by atoms with van der Waals surface area (Å²) in [6.07, 6.45) is 4.60. The van der Waals surface area contributed by atoms with Crippen molar-refractivity contribution >= 4 is 17.7 Å². The number of hydrogen-bond acceptors (Lipinski definition) is 4. The molecule has 0 spiro atoms. The van der Waals surface area contributed by atoms with E-state index in [2.05, 4.69) is 10.3 Å². The Labute approximate surface area is 164 Å². The quantitative estimate of drug-likeness (QED) is 0.641. The molecule has 0 aliphatic carbocycles. The number of esters is 1. The van der Waals surface area contributed by atoms with Crippen molar-refractivity contribution in [3.05, 3.63) is 53.3 Å². The van der Waals surface area contributed by atoms with E-state index in [0.29, 0.717) is 31.1 Å². The van der Waals surface area contributed by atoms with E-state index < -0.39 is 12.1 Å². The van der Waals surface area contributed by atoms with Crippen LogP contribution in [-0.2, 0) is 11.3 Å². The average molecular weight is 385 g/mol. The van der Waals surface area contributed by atoms with Crippen molar-refractivity contribution in [2.75, 3.05) is 18.5 Å². The number of rotatable bonds is 6. The summed E-state index contributed by atoms with van der Waals surface area (Å²) in [4.78, 5) is 28.3. The fourth-order valence-corrected chi connectivity index (χ4v) is 3.76. The summed E-state index contributed by atoms with van der Waals surface area (Å²) in [5.74, 6) is -0.399. The minimum Gasteiger partial charge on any atom is -0.465 e. The van der Waals surface area contributed by atoms with Gasteiger partial charge >= 0.3 is 12.1 Å². The Kier molecular flexibility index (Phi) is 6.57. The molecule has 1 aromatic carbocycles. The molecule has 1 atom stereocenters. The van der Waals surface area contributed by atoms with Crippen LogP contribution in [0.25, 0.3) is 0 Å². The van der Waals surface area contributed by atoms with Crippen molar-refractivity contribution in [2.24, 2.45) is 0 Å². The molecule has 1 aliphatic rings. The summed E-state index contributed by atoms with van der Waals surface area (Å²) >= 11 is 0. The number of aromatic amines is 1. The van der Waals surface area contributed by atoms with Crippen LogP contribution in [0.3, 0.4) is 0 Å². The Balaban J connectivity index is 1.80. The minimum absolute atomic E-state index is 0.145. The van der Waals surface area contributed by atoms with Crippen molar-refractivity contribution in [2.45, 2.75) is 45.2 Å². The number of ether oxygens (including phenoxy) is 1. The zero-order valence-corrected chi connectivity index (χ0v) is 16.1. The lowest BCUT2D eigenvalue weighted by Gasteiger charge is -2.29. The fourth-order valence-electron chi connectivity index (χ4n) is 3.76. The molecule has 7 nitrogen and oxygen atoms in total. The first-order valence-electron chi connectivity index (χ1n) is 9.77. The van der Waals surface area contributed by atoms with Crippen LogP contribution < -0.4 is 5.32 Å². The fraction of sp³-hybridized carbons (Fsp3) is 0.429. The molecular formula is C21H27N3O4. The Morgan fingerprint density at radius 2 is 2.07 bits per heavy atom. The van der Waals surface area contributed by atoms with Gasteiger partial charge in [-0.15, -0.1) is 0 Å². The lowest BCUT2D eigenvalue weighted by molar-refractivity contribution is 0.0521. The van der Waals surface area contributed by atoms with Gasteiger partial charge in [0.05, 0.1) is 18.3 Å². The lowest BCUT2D eigenvalue weighted by atomic mass is 9.96. The highest BCUT2D eigenvalue weighted by Gasteiger charge is 2.28. The van der Waals surface area contributed by atoms with Gasteiger partial charge in [-0.25, -0.2) is 9.59 Å². The number of carbonyl (C=O) groups is 2. The first-order chi connectivity index (χ1) is 13.6. The molecule has 0 bridgehead atoms. The highest BCUT2D eigenvalue weighted by Crippen LogP contribution is 2.32. The number of carbonyl (C=O) groups excluding carboxylic acids is 1. The second kappa shape index (κ2) is 9.30. The first-order valence-corrected chi connectivity index (χ1v) is 9.77. The Hall–Kier alpha value is -2.96. The molecule has 0 saturated carbocycles. The standard InChI is InChI=1S/C21H27N3O4/c1-2-28-20(25)19-17(11-12-22-19)23-14-15-8-5-6-9-16(15)18-10-4-3-7-13-24(18)21(26)27/h5-6,8-9,11-12,18,22-23H,2-4,7,10,13-14H2,1H3,(H,26,27). The van der Waals surface area contributed by atoms with Crippen LogP contribution in [0.4, 0.5) is 10.5 Å². The van der Waals surface area contributed by atoms with Crippen molar-refractivity contribution in [1.82, 2.24) is 9.88 Å². The zero-order valence-electron chi connectivity index (χ0n) is 16.1. The molecule has 0 radical (unpaired) electrons. The molecule has 1 unspecified atom stereocenters. The van der Waals surface area contributed by atoms with Gasteiger partial charge in [-0.3, -0.25) is 0 Å². The molecule has 1 aromatic heterocycles. The van der Waals surface area contributed by atoms with Crippen molar-refractivity contribution < 1.29 is 19.4 Å². The number of hydrogen-bond donors (Lipinski definition) is 3. The van der Waals surface area contributed by atoms with Crippen LogP contribution in [0.15, 0.2) is 36.5 Å². The second-order valence-corrected chi connectivity index (χ2v) is 6.88. The van der Waals surface area contributed by atoms with E-state index in [0.717, 1.165) is 36.8 Å². The maximum absolute atomic E-state index is 12.0. The van der Waals surface area contributed by atoms with Gasteiger partial charge < -0.3 is 25.0 Å². The van der Waals surface area contributed by atoms with Gasteiger partial charge in [0.1, 0.15) is 5.69 Å². The monoisotopic (exact) mass is 385 g/mol. The summed E-state index contributed by atoms with van der Waals surface area (Å²) in [5, 5.41) is 13.0. The largest absolute Gasteiger partial charge is 0.465 e. The van der Waals surface area contributed by atoms with Gasteiger partial charge in [0, 0.05) is 19.3 Å². The van der Waals surface area contributed by atoms with E-state index in [1.54, 1.807) is 24.1 Å². The van der Waals surface area contributed by atoms with E-state index in [-0.39, 0.29) is 6.04 Å².